The number of aryl methyl sites for hydroxylation is 1. The molecule has 0 unspecified atom stereocenters. The Morgan fingerprint density at radius 2 is 1.76 bits per heavy atom. The van der Waals surface area contributed by atoms with Gasteiger partial charge in [0.25, 0.3) is 5.56 Å². The van der Waals surface area contributed by atoms with E-state index in [4.69, 9.17) is 14.2 Å². The number of esters is 1. The van der Waals surface area contributed by atoms with Crippen molar-refractivity contribution in [3.8, 4) is 17.2 Å². The summed E-state index contributed by atoms with van der Waals surface area (Å²) in [6.45, 7) is 8.80. The standard InChI is InChI=1S/C31H30IN3O5S/c1-6-39-25-13-8-20(15-26(25)40-7-2)28-24(30(37)38-5)17-33-31-35(28)29(36)27(41-31)16-21-14-18(3)34(19(21)4)23-11-9-22(32)10-12-23/h8-17,28H,6-7H2,1-5H3/b27-16+/t28-/m0/s1. The van der Waals surface area contributed by atoms with Crippen molar-refractivity contribution in [1.29, 1.82) is 0 Å². The van der Waals surface area contributed by atoms with Crippen LogP contribution in [0, 0.1) is 17.4 Å². The van der Waals surface area contributed by atoms with Gasteiger partial charge in [-0.15, -0.1) is 0 Å². The molecule has 2 aromatic heterocycles. The third-order valence-electron chi connectivity index (χ3n) is 6.85. The minimum atomic E-state index is -0.741. The highest BCUT2D eigenvalue weighted by molar-refractivity contribution is 14.1. The van der Waals surface area contributed by atoms with Gasteiger partial charge in [0.05, 0.1) is 36.5 Å². The van der Waals surface area contributed by atoms with Crippen molar-refractivity contribution in [2.75, 3.05) is 20.3 Å². The fourth-order valence-electron chi connectivity index (χ4n) is 5.05. The molecule has 8 nitrogen and oxygen atoms in total. The summed E-state index contributed by atoms with van der Waals surface area (Å²) in [7, 11) is 1.32. The Hall–Kier alpha value is -3.64. The number of halogens is 1. The van der Waals surface area contributed by atoms with Crippen LogP contribution >= 0.6 is 33.9 Å². The van der Waals surface area contributed by atoms with E-state index in [1.165, 1.54) is 24.6 Å². The molecule has 0 fully saturated rings. The average Bonchev–Trinajstić information content (AvgIpc) is 3.43. The molecule has 0 N–H and O–H groups in total. The molecule has 212 valence electrons. The van der Waals surface area contributed by atoms with E-state index in [0.29, 0.717) is 39.6 Å². The van der Waals surface area contributed by atoms with E-state index in [2.05, 4.69) is 69.4 Å². The minimum Gasteiger partial charge on any atom is -0.490 e. The summed E-state index contributed by atoms with van der Waals surface area (Å²) < 4.78 is 22.1. The Bertz CT molecular complexity index is 1830. The summed E-state index contributed by atoms with van der Waals surface area (Å²) >= 11 is 3.58. The van der Waals surface area contributed by atoms with E-state index in [9.17, 15) is 9.59 Å². The number of hydrogen-bond donors (Lipinski definition) is 0. The second-order valence-electron chi connectivity index (χ2n) is 9.39. The van der Waals surface area contributed by atoms with Crippen molar-refractivity contribution in [3.05, 3.63) is 106 Å². The topological polar surface area (TPSA) is 84.0 Å². The van der Waals surface area contributed by atoms with Crippen LogP contribution in [0.3, 0.4) is 0 Å². The molecule has 2 aromatic carbocycles. The lowest BCUT2D eigenvalue weighted by Gasteiger charge is -2.23. The summed E-state index contributed by atoms with van der Waals surface area (Å²) in [4.78, 5) is 31.8. The van der Waals surface area contributed by atoms with E-state index < -0.39 is 12.0 Å². The lowest BCUT2D eigenvalue weighted by molar-refractivity contribution is -0.136. The summed E-state index contributed by atoms with van der Waals surface area (Å²) in [5.41, 5.74) is 4.79. The maximum atomic E-state index is 14.0. The number of thiazole rings is 1. The quantitative estimate of drug-likeness (QED) is 0.197. The predicted molar refractivity (Wildman–Crippen MR) is 168 cm³/mol. The molecule has 1 aliphatic heterocycles. The van der Waals surface area contributed by atoms with Gasteiger partial charge in [-0.05, 0) is 110 Å². The van der Waals surface area contributed by atoms with E-state index in [-0.39, 0.29) is 11.1 Å². The number of fused-ring (bicyclic) bond motifs is 1. The zero-order valence-corrected chi connectivity index (χ0v) is 26.4. The number of methoxy groups -OCH3 is 1. The molecule has 0 aliphatic carbocycles. The number of nitrogens with zero attached hydrogens (tertiary/aromatic N) is 3. The molecular weight excluding hydrogens is 653 g/mol. The van der Waals surface area contributed by atoms with Crippen LogP contribution in [0.25, 0.3) is 11.8 Å². The normalized spacial score (nSPS) is 14.7. The van der Waals surface area contributed by atoms with Crippen LogP contribution in [0.1, 0.15) is 42.4 Å². The summed E-state index contributed by atoms with van der Waals surface area (Å²) in [5, 5.41) is 0. The largest absolute Gasteiger partial charge is 0.490 e. The second-order valence-corrected chi connectivity index (χ2v) is 11.6. The van der Waals surface area contributed by atoms with E-state index in [1.807, 2.05) is 39.0 Å². The van der Waals surface area contributed by atoms with Crippen LogP contribution in [0.15, 0.2) is 70.1 Å². The van der Waals surface area contributed by atoms with E-state index in [1.54, 1.807) is 10.6 Å². The van der Waals surface area contributed by atoms with Crippen LogP contribution in [-0.4, -0.2) is 35.4 Å². The maximum Gasteiger partial charge on any atom is 0.337 e. The summed E-state index contributed by atoms with van der Waals surface area (Å²) in [6.07, 6.45) is 3.39. The highest BCUT2D eigenvalue weighted by atomic mass is 127. The van der Waals surface area contributed by atoms with Crippen molar-refractivity contribution >= 4 is 46.0 Å². The van der Waals surface area contributed by atoms with Gasteiger partial charge in [-0.25, -0.2) is 9.79 Å². The number of carbonyl (C=O) groups excluding carboxylic acids is 1. The second kappa shape index (κ2) is 12.1. The minimum absolute atomic E-state index is 0.237. The number of hydrogen-bond acceptors (Lipinski definition) is 7. The Morgan fingerprint density at radius 1 is 1.05 bits per heavy atom. The van der Waals surface area contributed by atoms with Crippen LogP contribution < -0.4 is 24.4 Å². The van der Waals surface area contributed by atoms with Crippen LogP contribution in [0.5, 0.6) is 11.5 Å². The van der Waals surface area contributed by atoms with Crippen LogP contribution in [0.2, 0.25) is 0 Å². The predicted octanol–water partition coefficient (Wildman–Crippen LogP) is 4.83. The molecule has 0 bridgehead atoms. The van der Waals surface area contributed by atoms with Crippen LogP contribution in [-0.2, 0) is 9.53 Å². The van der Waals surface area contributed by atoms with Gasteiger partial charge in [0.1, 0.15) is 0 Å². The molecule has 3 heterocycles. The Labute approximate surface area is 255 Å². The van der Waals surface area contributed by atoms with Gasteiger partial charge in [-0.2, -0.15) is 0 Å². The SMILES string of the molecule is CCOc1ccc([C@H]2C(C(=O)OC)=CN=c3s/c(=C/c4cc(C)n(-c5ccc(I)cc5)c4C)c(=O)n32)cc1OCC. The highest BCUT2D eigenvalue weighted by Crippen LogP contribution is 2.35. The molecule has 0 saturated heterocycles. The third-order valence-corrected chi connectivity index (χ3v) is 8.57. The van der Waals surface area contributed by atoms with Crippen LogP contribution in [0.4, 0.5) is 0 Å². The molecule has 41 heavy (non-hydrogen) atoms. The van der Waals surface area contributed by atoms with Gasteiger partial charge in [0, 0.05) is 26.8 Å². The Balaban J connectivity index is 1.66. The number of carbonyl (C=O) groups is 1. The van der Waals surface area contributed by atoms with Crippen molar-refractivity contribution in [1.82, 2.24) is 9.13 Å². The summed E-state index contributed by atoms with van der Waals surface area (Å²) in [5.74, 6) is 0.580. The number of benzene rings is 2. The van der Waals surface area contributed by atoms with Gasteiger partial charge >= 0.3 is 5.97 Å². The summed E-state index contributed by atoms with van der Waals surface area (Å²) in [6, 6.07) is 15.1. The first-order valence-corrected chi connectivity index (χ1v) is 15.1. The molecule has 5 rings (SSSR count). The first-order chi connectivity index (χ1) is 19.8. The third kappa shape index (κ3) is 5.50. The number of rotatable bonds is 8. The number of aromatic nitrogens is 2. The van der Waals surface area contributed by atoms with E-state index in [0.717, 1.165) is 26.2 Å². The molecule has 0 amide bonds. The van der Waals surface area contributed by atoms with Crippen molar-refractivity contribution < 1.29 is 19.0 Å². The highest BCUT2D eigenvalue weighted by Gasteiger charge is 2.31. The monoisotopic (exact) mass is 683 g/mol. The molecule has 1 aliphatic rings. The van der Waals surface area contributed by atoms with E-state index >= 15 is 0 Å². The van der Waals surface area contributed by atoms with Gasteiger partial charge in [0.15, 0.2) is 16.3 Å². The van der Waals surface area contributed by atoms with Gasteiger partial charge < -0.3 is 18.8 Å². The van der Waals surface area contributed by atoms with Crippen molar-refractivity contribution in [2.45, 2.75) is 33.7 Å². The fraction of sp³-hybridized carbons (Fsp3) is 0.258. The average molecular weight is 684 g/mol. The molecule has 4 aromatic rings. The van der Waals surface area contributed by atoms with Crippen molar-refractivity contribution in [3.63, 3.8) is 0 Å². The molecule has 1 atom stereocenters. The molecule has 0 spiro atoms. The lowest BCUT2D eigenvalue weighted by Crippen LogP contribution is -2.39. The fourth-order valence-corrected chi connectivity index (χ4v) is 6.37. The Kier molecular flexibility index (Phi) is 8.50. The number of ether oxygens (including phenoxy) is 3. The zero-order valence-electron chi connectivity index (χ0n) is 23.4. The zero-order chi connectivity index (χ0) is 29.3. The van der Waals surface area contributed by atoms with Gasteiger partial charge in [0.2, 0.25) is 0 Å². The lowest BCUT2D eigenvalue weighted by atomic mass is 9.97. The van der Waals surface area contributed by atoms with Crippen molar-refractivity contribution in [2.24, 2.45) is 4.99 Å². The maximum absolute atomic E-state index is 14.0. The van der Waals surface area contributed by atoms with Gasteiger partial charge in [-0.1, -0.05) is 17.4 Å². The molecule has 0 radical (unpaired) electrons. The smallest absolute Gasteiger partial charge is 0.337 e. The first-order valence-electron chi connectivity index (χ1n) is 13.2. The first kappa shape index (κ1) is 28.9. The molecule has 0 saturated carbocycles. The molecular formula is C31H30IN3O5S. The molecule has 10 heteroatoms. The van der Waals surface area contributed by atoms with Gasteiger partial charge in [-0.3, -0.25) is 9.36 Å². The Morgan fingerprint density at radius 3 is 2.44 bits per heavy atom.